The second-order valence-corrected chi connectivity index (χ2v) is 6.45. The highest BCUT2D eigenvalue weighted by Crippen LogP contribution is 2.32. The number of nitrogens with zero attached hydrogens (tertiary/aromatic N) is 1. The molecule has 0 aliphatic rings. The fourth-order valence-corrected chi connectivity index (χ4v) is 3.63. The zero-order chi connectivity index (χ0) is 15.5. The van der Waals surface area contributed by atoms with Gasteiger partial charge in [0.05, 0.1) is 5.69 Å². The molecule has 0 saturated heterocycles. The van der Waals surface area contributed by atoms with Crippen LogP contribution in [0.1, 0.15) is 15.9 Å². The second-order valence-electron chi connectivity index (χ2n) is 5.29. The molecule has 0 unspecified atom stereocenters. The Hall–Kier alpha value is -1.88. The summed E-state index contributed by atoms with van der Waals surface area (Å²) in [6.07, 6.45) is 0.928. The van der Waals surface area contributed by atoms with Crippen LogP contribution in [0.15, 0.2) is 60.7 Å². The average molecular weight is 401 g/mol. The Morgan fingerprint density at radius 2 is 1.73 bits per heavy atom. The fraction of sp³-hybridized carbons (Fsp3) is 0.105. The van der Waals surface area contributed by atoms with E-state index >= 15 is 0 Å². The van der Waals surface area contributed by atoms with Gasteiger partial charge in [-0.2, -0.15) is 0 Å². The maximum absolute atomic E-state index is 11.2. The first-order valence-corrected chi connectivity index (χ1v) is 8.20. The van der Waals surface area contributed by atoms with E-state index in [-0.39, 0.29) is 0 Å². The number of rotatable bonds is 4. The van der Waals surface area contributed by atoms with Crippen LogP contribution >= 0.6 is 22.6 Å². The van der Waals surface area contributed by atoms with Crippen molar-refractivity contribution in [3.05, 3.63) is 75.4 Å². The zero-order valence-corrected chi connectivity index (χ0v) is 14.4. The highest BCUT2D eigenvalue weighted by molar-refractivity contribution is 14.1. The molecule has 3 rings (SSSR count). The van der Waals surface area contributed by atoms with Crippen molar-refractivity contribution in [1.29, 1.82) is 0 Å². The fourth-order valence-electron chi connectivity index (χ4n) is 2.74. The molecule has 0 bridgehead atoms. The van der Waals surface area contributed by atoms with Gasteiger partial charge in [0, 0.05) is 28.1 Å². The van der Waals surface area contributed by atoms with Gasteiger partial charge < -0.3 is 4.90 Å². The summed E-state index contributed by atoms with van der Waals surface area (Å²) in [4.78, 5) is 13.4. The summed E-state index contributed by atoms with van der Waals surface area (Å²) in [6.45, 7) is 0.707. The molecule has 0 aromatic heterocycles. The van der Waals surface area contributed by atoms with Gasteiger partial charge in [0.15, 0.2) is 0 Å². The number of aldehydes is 1. The van der Waals surface area contributed by atoms with Gasteiger partial charge in [0.1, 0.15) is 6.29 Å². The summed E-state index contributed by atoms with van der Waals surface area (Å²) in [5, 5.41) is 2.47. The summed E-state index contributed by atoms with van der Waals surface area (Å²) >= 11 is 2.37. The maximum atomic E-state index is 11.2. The molecule has 2 nitrogen and oxygen atoms in total. The topological polar surface area (TPSA) is 20.3 Å². The van der Waals surface area contributed by atoms with Crippen molar-refractivity contribution < 1.29 is 4.79 Å². The Bertz CT molecular complexity index is 829. The Morgan fingerprint density at radius 1 is 1.00 bits per heavy atom. The summed E-state index contributed by atoms with van der Waals surface area (Å²) < 4.78 is 1.21. The number of carbonyl (C=O) groups is 1. The van der Waals surface area contributed by atoms with Crippen LogP contribution in [-0.4, -0.2) is 13.3 Å². The van der Waals surface area contributed by atoms with Gasteiger partial charge in [-0.25, -0.2) is 0 Å². The molecule has 22 heavy (non-hydrogen) atoms. The molecule has 0 spiro atoms. The Balaban J connectivity index is 2.04. The van der Waals surface area contributed by atoms with E-state index in [1.807, 2.05) is 24.3 Å². The number of anilines is 1. The van der Waals surface area contributed by atoms with Gasteiger partial charge in [-0.15, -0.1) is 0 Å². The largest absolute Gasteiger partial charge is 0.369 e. The van der Waals surface area contributed by atoms with E-state index in [1.165, 1.54) is 20.0 Å². The molecular weight excluding hydrogens is 385 g/mol. The Morgan fingerprint density at radius 3 is 2.55 bits per heavy atom. The molecule has 0 N–H and O–H groups in total. The van der Waals surface area contributed by atoms with Crippen molar-refractivity contribution in [1.82, 2.24) is 0 Å². The van der Waals surface area contributed by atoms with Crippen molar-refractivity contribution >= 4 is 45.3 Å². The monoisotopic (exact) mass is 401 g/mol. The number of fused-ring (bicyclic) bond motifs is 1. The zero-order valence-electron chi connectivity index (χ0n) is 12.3. The Kier molecular flexibility index (Phi) is 4.43. The molecule has 0 aliphatic heterocycles. The van der Waals surface area contributed by atoms with E-state index in [4.69, 9.17) is 0 Å². The minimum absolute atomic E-state index is 0.707. The first-order valence-electron chi connectivity index (χ1n) is 7.12. The summed E-state index contributed by atoms with van der Waals surface area (Å²) in [7, 11) is 2.07. The molecular formula is C19H16INO. The number of hydrogen-bond donors (Lipinski definition) is 0. The van der Waals surface area contributed by atoms with Gasteiger partial charge in [0.2, 0.25) is 0 Å². The quantitative estimate of drug-likeness (QED) is 0.458. The van der Waals surface area contributed by atoms with Crippen LogP contribution in [0, 0.1) is 3.57 Å². The molecule has 3 aromatic carbocycles. The first kappa shape index (κ1) is 15.0. The molecule has 0 saturated carbocycles. The third-order valence-corrected chi connectivity index (χ3v) is 4.69. The standard InChI is InChI=1S/C19H16INO/c1-21(12-15-7-2-3-8-16(15)13-22)19-17-9-5-4-6-14(17)10-11-18(19)20/h2-11,13H,12H2,1H3. The molecule has 3 heteroatoms. The predicted molar refractivity (Wildman–Crippen MR) is 101 cm³/mol. The van der Waals surface area contributed by atoms with Gasteiger partial charge >= 0.3 is 0 Å². The van der Waals surface area contributed by atoms with Crippen molar-refractivity contribution in [3.63, 3.8) is 0 Å². The highest BCUT2D eigenvalue weighted by Gasteiger charge is 2.12. The van der Waals surface area contributed by atoms with Gasteiger partial charge in [-0.1, -0.05) is 54.6 Å². The molecule has 3 aromatic rings. The maximum Gasteiger partial charge on any atom is 0.150 e. The second kappa shape index (κ2) is 6.48. The third-order valence-electron chi connectivity index (χ3n) is 3.82. The van der Waals surface area contributed by atoms with Gasteiger partial charge in [0.25, 0.3) is 0 Å². The molecule has 0 radical (unpaired) electrons. The van der Waals surface area contributed by atoms with E-state index in [1.54, 1.807) is 0 Å². The van der Waals surface area contributed by atoms with Crippen LogP contribution in [0.5, 0.6) is 0 Å². The summed E-state index contributed by atoms with van der Waals surface area (Å²) in [5.41, 5.74) is 3.01. The van der Waals surface area contributed by atoms with Crippen LogP contribution in [0.3, 0.4) is 0 Å². The normalized spacial score (nSPS) is 10.6. The van der Waals surface area contributed by atoms with Crippen LogP contribution in [0.2, 0.25) is 0 Å². The highest BCUT2D eigenvalue weighted by atomic mass is 127. The molecule has 0 atom stereocenters. The predicted octanol–water partition coefficient (Wildman–Crippen LogP) is 4.89. The van der Waals surface area contributed by atoms with Crippen molar-refractivity contribution in [2.45, 2.75) is 6.54 Å². The van der Waals surface area contributed by atoms with E-state index in [0.29, 0.717) is 6.54 Å². The molecule has 0 amide bonds. The van der Waals surface area contributed by atoms with E-state index in [2.05, 4.69) is 70.9 Å². The third kappa shape index (κ3) is 2.86. The van der Waals surface area contributed by atoms with E-state index in [0.717, 1.165) is 17.4 Å². The molecule has 0 heterocycles. The molecule has 0 aliphatic carbocycles. The van der Waals surface area contributed by atoms with Crippen molar-refractivity contribution in [2.75, 3.05) is 11.9 Å². The minimum atomic E-state index is 0.707. The van der Waals surface area contributed by atoms with Gasteiger partial charge in [-0.05, 0) is 39.6 Å². The van der Waals surface area contributed by atoms with Crippen molar-refractivity contribution in [2.24, 2.45) is 0 Å². The van der Waals surface area contributed by atoms with E-state index < -0.39 is 0 Å². The minimum Gasteiger partial charge on any atom is -0.369 e. The number of carbonyl (C=O) groups excluding carboxylic acids is 1. The lowest BCUT2D eigenvalue weighted by molar-refractivity contribution is 0.112. The summed E-state index contributed by atoms with van der Waals surface area (Å²) in [6, 6.07) is 20.4. The van der Waals surface area contributed by atoms with Crippen LogP contribution in [0.4, 0.5) is 5.69 Å². The first-order chi connectivity index (χ1) is 10.7. The average Bonchev–Trinajstić information content (AvgIpc) is 2.55. The SMILES string of the molecule is CN(Cc1ccccc1C=O)c1c(I)ccc2ccccc12. The van der Waals surface area contributed by atoms with Crippen LogP contribution in [-0.2, 0) is 6.54 Å². The van der Waals surface area contributed by atoms with Crippen molar-refractivity contribution in [3.8, 4) is 0 Å². The lowest BCUT2D eigenvalue weighted by Gasteiger charge is -2.23. The number of benzene rings is 3. The smallest absolute Gasteiger partial charge is 0.150 e. The Labute approximate surface area is 143 Å². The van der Waals surface area contributed by atoms with Crippen LogP contribution in [0.25, 0.3) is 10.8 Å². The lowest BCUT2D eigenvalue weighted by atomic mass is 10.1. The number of halogens is 1. The molecule has 110 valence electrons. The van der Waals surface area contributed by atoms with Gasteiger partial charge in [-0.3, -0.25) is 4.79 Å². The number of hydrogen-bond acceptors (Lipinski definition) is 2. The van der Waals surface area contributed by atoms with Crippen LogP contribution < -0.4 is 4.90 Å². The molecule has 0 fully saturated rings. The summed E-state index contributed by atoms with van der Waals surface area (Å²) in [5.74, 6) is 0. The van der Waals surface area contributed by atoms with E-state index in [9.17, 15) is 4.79 Å². The lowest BCUT2D eigenvalue weighted by Crippen LogP contribution is -2.18.